The molecule has 0 aromatic heterocycles. The lowest BCUT2D eigenvalue weighted by molar-refractivity contribution is -0.123. The van der Waals surface area contributed by atoms with E-state index in [1.54, 1.807) is 29.2 Å². The molecule has 8 heteroatoms. The average molecular weight is 457 g/mol. The van der Waals surface area contributed by atoms with Crippen molar-refractivity contribution < 1.29 is 18.4 Å². The fourth-order valence-corrected chi connectivity index (χ4v) is 5.59. The highest BCUT2D eigenvalue weighted by molar-refractivity contribution is 8.02. The van der Waals surface area contributed by atoms with Gasteiger partial charge in [-0.3, -0.25) is 14.5 Å². The van der Waals surface area contributed by atoms with E-state index in [-0.39, 0.29) is 29.8 Å². The zero-order chi connectivity index (χ0) is 21.8. The predicted octanol–water partition coefficient (Wildman–Crippen LogP) is 5.10. The van der Waals surface area contributed by atoms with Crippen molar-refractivity contribution >= 4 is 46.6 Å². The Hall–Kier alpha value is -2.90. The molecule has 0 radical (unpaired) electrons. The lowest BCUT2D eigenvalue weighted by atomic mass is 10.0. The number of carbonyl (C=O) groups is 2. The number of thioether (sulfide) groups is 1. The fourth-order valence-electron chi connectivity index (χ4n) is 4.11. The molecule has 2 aliphatic heterocycles. The van der Waals surface area contributed by atoms with E-state index in [9.17, 15) is 18.4 Å². The topological polar surface area (TPSA) is 40.6 Å². The molecule has 2 amide bonds. The monoisotopic (exact) mass is 456 g/mol. The van der Waals surface area contributed by atoms with Gasteiger partial charge >= 0.3 is 0 Å². The Labute approximate surface area is 186 Å². The van der Waals surface area contributed by atoms with Gasteiger partial charge in [0, 0.05) is 22.3 Å². The van der Waals surface area contributed by atoms with Crippen LogP contribution in [0.3, 0.4) is 0 Å². The summed E-state index contributed by atoms with van der Waals surface area (Å²) in [6.45, 7) is 0.287. The summed E-state index contributed by atoms with van der Waals surface area (Å²) in [5.74, 6) is -2.68. The van der Waals surface area contributed by atoms with Crippen LogP contribution in [0.2, 0.25) is 5.02 Å². The number of fused-ring (bicyclic) bond motifs is 2. The van der Waals surface area contributed by atoms with Gasteiger partial charge < -0.3 is 4.90 Å². The Morgan fingerprint density at radius 1 is 0.968 bits per heavy atom. The number of carbonyl (C=O) groups excluding carboxylic acids is 2. The quantitative estimate of drug-likeness (QED) is 0.550. The van der Waals surface area contributed by atoms with Crippen LogP contribution in [0.1, 0.15) is 11.1 Å². The maximum absolute atomic E-state index is 14.0. The van der Waals surface area contributed by atoms with Crippen molar-refractivity contribution in [2.24, 2.45) is 0 Å². The minimum atomic E-state index is -1.37. The Balaban J connectivity index is 1.63. The van der Waals surface area contributed by atoms with Crippen LogP contribution >= 0.6 is 23.4 Å². The van der Waals surface area contributed by atoms with Gasteiger partial charge in [0.25, 0.3) is 5.91 Å². The van der Waals surface area contributed by atoms with Crippen LogP contribution in [0.25, 0.3) is 0 Å². The number of benzene rings is 3. The predicted molar refractivity (Wildman–Crippen MR) is 117 cm³/mol. The van der Waals surface area contributed by atoms with Crippen LogP contribution in [0.15, 0.2) is 66.7 Å². The molecule has 1 atom stereocenters. The number of hydrogen-bond acceptors (Lipinski definition) is 3. The summed E-state index contributed by atoms with van der Waals surface area (Å²) in [6, 6.07) is 17.7. The molecule has 31 heavy (non-hydrogen) atoms. The first-order valence-corrected chi connectivity index (χ1v) is 10.9. The Morgan fingerprint density at radius 2 is 1.71 bits per heavy atom. The molecule has 1 spiro atoms. The van der Waals surface area contributed by atoms with Gasteiger partial charge in [0.2, 0.25) is 10.8 Å². The normalized spacial score (nSPS) is 20.1. The van der Waals surface area contributed by atoms with E-state index in [0.717, 1.165) is 17.7 Å². The molecule has 1 saturated heterocycles. The molecule has 0 aliphatic carbocycles. The van der Waals surface area contributed by atoms with E-state index >= 15 is 0 Å². The van der Waals surface area contributed by atoms with Crippen molar-refractivity contribution in [3.63, 3.8) is 0 Å². The third-order valence-corrected chi connectivity index (χ3v) is 7.12. The molecule has 3 aromatic rings. The summed E-state index contributed by atoms with van der Waals surface area (Å²) >= 11 is 7.17. The molecule has 156 valence electrons. The van der Waals surface area contributed by atoms with Crippen molar-refractivity contribution in [2.75, 3.05) is 15.6 Å². The summed E-state index contributed by atoms with van der Waals surface area (Å²) in [7, 11) is 0. The summed E-state index contributed by atoms with van der Waals surface area (Å²) in [4.78, 5) is 28.3. The van der Waals surface area contributed by atoms with Crippen molar-refractivity contribution in [1.82, 2.24) is 0 Å². The fraction of sp³-hybridized carbons (Fsp3) is 0.130. The second-order valence-electron chi connectivity index (χ2n) is 7.30. The number of amides is 2. The van der Waals surface area contributed by atoms with Crippen LogP contribution in [-0.2, 0) is 21.0 Å². The number of rotatable bonds is 3. The lowest BCUT2D eigenvalue weighted by Gasteiger charge is -2.33. The van der Waals surface area contributed by atoms with Gasteiger partial charge in [0.15, 0.2) is 11.6 Å². The third-order valence-electron chi connectivity index (χ3n) is 5.48. The SMILES string of the molecule is O=C1CS[C@]2(C(=O)N(Cc3ccc(Cl)cc3)c3ccccc32)N1c1ccc(F)c(F)c1. The Bertz CT molecular complexity index is 1220. The van der Waals surface area contributed by atoms with E-state index in [1.165, 1.54) is 22.7 Å². The molecular formula is C23H15ClF2N2O2S. The minimum Gasteiger partial charge on any atom is -0.304 e. The van der Waals surface area contributed by atoms with Gasteiger partial charge in [-0.2, -0.15) is 0 Å². The molecule has 0 bridgehead atoms. The highest BCUT2D eigenvalue weighted by atomic mass is 35.5. The molecule has 5 rings (SSSR count). The van der Waals surface area contributed by atoms with Crippen molar-refractivity contribution in [1.29, 1.82) is 0 Å². The molecule has 0 saturated carbocycles. The highest BCUT2D eigenvalue weighted by Crippen LogP contribution is 2.56. The molecule has 1 fully saturated rings. The summed E-state index contributed by atoms with van der Waals surface area (Å²) in [6.07, 6.45) is 0. The van der Waals surface area contributed by atoms with E-state index in [4.69, 9.17) is 11.6 Å². The lowest BCUT2D eigenvalue weighted by Crippen LogP contribution is -2.49. The van der Waals surface area contributed by atoms with Crippen molar-refractivity contribution in [3.05, 3.63) is 94.5 Å². The Morgan fingerprint density at radius 3 is 2.45 bits per heavy atom. The van der Waals surface area contributed by atoms with Gasteiger partial charge in [0.05, 0.1) is 18.0 Å². The zero-order valence-corrected chi connectivity index (χ0v) is 17.6. The first-order chi connectivity index (χ1) is 14.9. The van der Waals surface area contributed by atoms with Crippen LogP contribution in [0.5, 0.6) is 0 Å². The maximum Gasteiger partial charge on any atom is 0.269 e. The van der Waals surface area contributed by atoms with Crippen LogP contribution in [0.4, 0.5) is 20.2 Å². The first kappa shape index (κ1) is 20.0. The van der Waals surface area contributed by atoms with Gasteiger partial charge in [-0.05, 0) is 35.9 Å². The largest absolute Gasteiger partial charge is 0.304 e. The number of anilines is 2. The molecule has 0 unspecified atom stereocenters. The number of halogens is 3. The van der Waals surface area contributed by atoms with E-state index in [1.807, 2.05) is 24.3 Å². The molecule has 2 aliphatic rings. The summed E-state index contributed by atoms with van der Waals surface area (Å²) in [5.41, 5.74) is 2.34. The number of para-hydroxylation sites is 1. The average Bonchev–Trinajstić information content (AvgIpc) is 3.23. The number of hydrogen-bond donors (Lipinski definition) is 0. The first-order valence-electron chi connectivity index (χ1n) is 9.50. The zero-order valence-electron chi connectivity index (χ0n) is 16.0. The second kappa shape index (κ2) is 7.35. The van der Waals surface area contributed by atoms with E-state index in [2.05, 4.69) is 0 Å². The van der Waals surface area contributed by atoms with E-state index in [0.29, 0.717) is 16.3 Å². The van der Waals surface area contributed by atoms with Crippen LogP contribution in [0, 0.1) is 11.6 Å². The van der Waals surface area contributed by atoms with Gasteiger partial charge in [-0.15, -0.1) is 11.8 Å². The van der Waals surface area contributed by atoms with Crippen LogP contribution < -0.4 is 9.80 Å². The molecule has 2 heterocycles. The molecular weight excluding hydrogens is 442 g/mol. The summed E-state index contributed by atoms with van der Waals surface area (Å²) < 4.78 is 27.5. The van der Waals surface area contributed by atoms with Crippen molar-refractivity contribution in [3.8, 4) is 0 Å². The third kappa shape index (κ3) is 3.03. The second-order valence-corrected chi connectivity index (χ2v) is 8.90. The molecule has 3 aromatic carbocycles. The maximum atomic E-state index is 14.0. The molecule has 0 N–H and O–H groups in total. The highest BCUT2D eigenvalue weighted by Gasteiger charge is 2.60. The van der Waals surface area contributed by atoms with Gasteiger partial charge in [0.1, 0.15) is 0 Å². The Kier molecular flexibility index (Phi) is 4.75. The summed E-state index contributed by atoms with van der Waals surface area (Å²) in [5, 5.41) is 0.592. The number of nitrogens with zero attached hydrogens (tertiary/aromatic N) is 2. The van der Waals surface area contributed by atoms with Gasteiger partial charge in [-0.25, -0.2) is 8.78 Å². The van der Waals surface area contributed by atoms with Crippen LogP contribution in [-0.4, -0.2) is 17.6 Å². The van der Waals surface area contributed by atoms with Gasteiger partial charge in [-0.1, -0.05) is 41.9 Å². The molecule has 4 nitrogen and oxygen atoms in total. The smallest absolute Gasteiger partial charge is 0.269 e. The van der Waals surface area contributed by atoms with E-state index < -0.39 is 16.5 Å². The standard InChI is InChI=1S/C23H15ClF2N2O2S/c24-15-7-5-14(6-8-15)12-27-20-4-2-1-3-17(20)23(22(27)30)28(21(29)13-31-23)16-9-10-18(25)19(26)11-16/h1-11H,12-13H2/t23-/m1/s1. The van der Waals surface area contributed by atoms with Crippen molar-refractivity contribution in [2.45, 2.75) is 11.4 Å². The minimum absolute atomic E-state index is 0.0495.